The van der Waals surface area contributed by atoms with E-state index in [1.165, 1.54) is 0 Å². The van der Waals surface area contributed by atoms with Gasteiger partial charge in [0.1, 0.15) is 5.69 Å². The molecule has 116 valence electrons. The monoisotopic (exact) mass is 305 g/mol. The molecule has 3 rings (SSSR count). The minimum atomic E-state index is -0.202. The predicted molar refractivity (Wildman–Crippen MR) is 95.1 cm³/mol. The van der Waals surface area contributed by atoms with Crippen molar-refractivity contribution in [2.24, 2.45) is 0 Å². The Balaban J connectivity index is 1.83. The normalized spacial score (nSPS) is 10.5. The number of nitrogens with one attached hydrogen (secondary N) is 1. The van der Waals surface area contributed by atoms with Crippen molar-refractivity contribution in [3.05, 3.63) is 66.4 Å². The van der Waals surface area contributed by atoms with Gasteiger partial charge in [0.15, 0.2) is 0 Å². The van der Waals surface area contributed by atoms with Crippen molar-refractivity contribution in [3.8, 4) is 0 Å². The molecule has 23 heavy (non-hydrogen) atoms. The number of para-hydroxylation sites is 1. The summed E-state index contributed by atoms with van der Waals surface area (Å²) >= 11 is 0. The van der Waals surface area contributed by atoms with E-state index < -0.39 is 0 Å². The third-order valence-electron chi connectivity index (χ3n) is 3.85. The second-order valence-corrected chi connectivity index (χ2v) is 5.41. The zero-order valence-electron chi connectivity index (χ0n) is 13.3. The van der Waals surface area contributed by atoms with E-state index in [1.807, 2.05) is 61.6 Å². The van der Waals surface area contributed by atoms with Crippen LogP contribution in [0.5, 0.6) is 0 Å². The molecule has 4 nitrogen and oxygen atoms in total. The first-order valence-corrected chi connectivity index (χ1v) is 7.65. The Labute approximate surface area is 135 Å². The van der Waals surface area contributed by atoms with Crippen LogP contribution in [0.1, 0.15) is 17.4 Å². The maximum absolute atomic E-state index is 12.4. The maximum atomic E-state index is 12.4. The van der Waals surface area contributed by atoms with E-state index in [0.29, 0.717) is 5.69 Å². The van der Waals surface area contributed by atoms with Gasteiger partial charge >= 0.3 is 0 Å². The Morgan fingerprint density at radius 2 is 1.91 bits per heavy atom. The summed E-state index contributed by atoms with van der Waals surface area (Å²) in [5.74, 6) is -0.202. The van der Waals surface area contributed by atoms with Crippen LogP contribution in [-0.4, -0.2) is 24.5 Å². The van der Waals surface area contributed by atoms with E-state index in [1.54, 1.807) is 6.07 Å². The molecule has 0 bridgehead atoms. The molecule has 0 saturated heterocycles. The number of amides is 1. The van der Waals surface area contributed by atoms with Crippen LogP contribution in [0.4, 0.5) is 11.4 Å². The minimum Gasteiger partial charge on any atom is -0.375 e. The number of benzene rings is 2. The number of hydrogen-bond donors (Lipinski definition) is 1. The van der Waals surface area contributed by atoms with E-state index in [2.05, 4.69) is 22.1 Å². The summed E-state index contributed by atoms with van der Waals surface area (Å²) in [5, 5.41) is 3.94. The molecule has 0 fully saturated rings. The summed E-state index contributed by atoms with van der Waals surface area (Å²) in [7, 11) is 2.02. The van der Waals surface area contributed by atoms with Crippen LogP contribution in [0.25, 0.3) is 10.9 Å². The molecule has 0 radical (unpaired) electrons. The Kier molecular flexibility index (Phi) is 4.24. The number of rotatable bonds is 4. The predicted octanol–water partition coefficient (Wildman–Crippen LogP) is 3.94. The third kappa shape index (κ3) is 3.31. The number of pyridine rings is 1. The van der Waals surface area contributed by atoms with Crippen LogP contribution in [0.2, 0.25) is 0 Å². The van der Waals surface area contributed by atoms with Crippen molar-refractivity contribution >= 4 is 28.2 Å². The standard InChI is InChI=1S/C19H19N3O/c1-3-22(2)16-9-6-8-15(13-16)20-19(23)18-12-11-14-7-4-5-10-17(14)21-18/h4-13H,3H2,1-2H3,(H,20,23). The second kappa shape index (κ2) is 6.48. The molecule has 1 heterocycles. The highest BCUT2D eigenvalue weighted by Gasteiger charge is 2.09. The zero-order chi connectivity index (χ0) is 16.2. The fraction of sp³-hybridized carbons (Fsp3) is 0.158. The number of nitrogens with zero attached hydrogens (tertiary/aromatic N) is 2. The highest BCUT2D eigenvalue weighted by atomic mass is 16.1. The molecule has 0 aliphatic rings. The quantitative estimate of drug-likeness (QED) is 0.794. The lowest BCUT2D eigenvalue weighted by atomic mass is 10.2. The molecule has 1 aromatic heterocycles. The molecule has 0 spiro atoms. The third-order valence-corrected chi connectivity index (χ3v) is 3.85. The van der Waals surface area contributed by atoms with E-state index in [0.717, 1.165) is 28.8 Å². The van der Waals surface area contributed by atoms with Crippen LogP contribution in [0.3, 0.4) is 0 Å². The van der Waals surface area contributed by atoms with Crippen LogP contribution < -0.4 is 10.2 Å². The topological polar surface area (TPSA) is 45.2 Å². The molecule has 2 aromatic carbocycles. The summed E-state index contributed by atoms with van der Waals surface area (Å²) < 4.78 is 0. The summed E-state index contributed by atoms with van der Waals surface area (Å²) in [6.45, 7) is 2.99. The summed E-state index contributed by atoms with van der Waals surface area (Å²) in [6.07, 6.45) is 0. The second-order valence-electron chi connectivity index (χ2n) is 5.41. The Morgan fingerprint density at radius 3 is 2.74 bits per heavy atom. The smallest absolute Gasteiger partial charge is 0.274 e. The van der Waals surface area contributed by atoms with Crippen LogP contribution >= 0.6 is 0 Å². The lowest BCUT2D eigenvalue weighted by Crippen LogP contribution is -2.17. The van der Waals surface area contributed by atoms with Crippen molar-refractivity contribution in [2.75, 3.05) is 23.8 Å². The highest BCUT2D eigenvalue weighted by Crippen LogP contribution is 2.19. The van der Waals surface area contributed by atoms with Gasteiger partial charge in [0.05, 0.1) is 5.52 Å². The maximum Gasteiger partial charge on any atom is 0.274 e. The molecule has 0 atom stereocenters. The van der Waals surface area contributed by atoms with Crippen LogP contribution in [-0.2, 0) is 0 Å². The Bertz CT molecular complexity index is 845. The van der Waals surface area contributed by atoms with E-state index >= 15 is 0 Å². The zero-order valence-corrected chi connectivity index (χ0v) is 13.3. The van der Waals surface area contributed by atoms with Gasteiger partial charge in [-0.1, -0.05) is 30.3 Å². The van der Waals surface area contributed by atoms with Gasteiger partial charge in [-0.05, 0) is 37.3 Å². The molecule has 1 amide bonds. The van der Waals surface area contributed by atoms with Crippen molar-refractivity contribution in [1.29, 1.82) is 0 Å². The Hall–Kier alpha value is -2.88. The average molecular weight is 305 g/mol. The van der Waals surface area contributed by atoms with Gasteiger partial charge in [0.25, 0.3) is 5.91 Å². The summed E-state index contributed by atoms with van der Waals surface area (Å²) in [6, 6.07) is 19.2. The SMILES string of the molecule is CCN(C)c1cccc(NC(=O)c2ccc3ccccc3n2)c1. The van der Waals surface area contributed by atoms with Crippen LogP contribution in [0, 0.1) is 0 Å². The van der Waals surface area contributed by atoms with E-state index in [-0.39, 0.29) is 5.91 Å². The van der Waals surface area contributed by atoms with Gasteiger partial charge in [-0.15, -0.1) is 0 Å². The summed E-state index contributed by atoms with van der Waals surface area (Å²) in [5.41, 5.74) is 3.07. The lowest BCUT2D eigenvalue weighted by molar-refractivity contribution is 0.102. The van der Waals surface area contributed by atoms with E-state index in [4.69, 9.17) is 0 Å². The average Bonchev–Trinajstić information content (AvgIpc) is 2.60. The number of aromatic nitrogens is 1. The van der Waals surface area contributed by atoms with Gasteiger partial charge in [-0.2, -0.15) is 0 Å². The van der Waals surface area contributed by atoms with Gasteiger partial charge in [-0.25, -0.2) is 4.98 Å². The molecular weight excluding hydrogens is 286 g/mol. The van der Waals surface area contributed by atoms with Crippen molar-refractivity contribution in [1.82, 2.24) is 4.98 Å². The number of anilines is 2. The number of fused-ring (bicyclic) bond motifs is 1. The van der Waals surface area contributed by atoms with Gasteiger partial charge < -0.3 is 10.2 Å². The molecule has 0 unspecified atom stereocenters. The number of carbonyl (C=O) groups excluding carboxylic acids is 1. The molecule has 1 N–H and O–H groups in total. The van der Waals surface area contributed by atoms with Gasteiger partial charge in [0.2, 0.25) is 0 Å². The van der Waals surface area contributed by atoms with Gasteiger partial charge in [-0.3, -0.25) is 4.79 Å². The van der Waals surface area contributed by atoms with Crippen molar-refractivity contribution in [3.63, 3.8) is 0 Å². The molecule has 3 aromatic rings. The van der Waals surface area contributed by atoms with Gasteiger partial charge in [0, 0.05) is 30.4 Å². The van der Waals surface area contributed by atoms with E-state index in [9.17, 15) is 4.79 Å². The number of hydrogen-bond acceptors (Lipinski definition) is 3. The fourth-order valence-electron chi connectivity index (χ4n) is 2.39. The molecule has 0 saturated carbocycles. The first-order chi connectivity index (χ1) is 11.2. The molecule has 0 aliphatic carbocycles. The minimum absolute atomic E-state index is 0.202. The number of carbonyl (C=O) groups is 1. The van der Waals surface area contributed by atoms with Crippen molar-refractivity contribution < 1.29 is 4.79 Å². The highest BCUT2D eigenvalue weighted by molar-refractivity contribution is 6.04. The molecule has 4 heteroatoms. The Morgan fingerprint density at radius 1 is 1.09 bits per heavy atom. The first-order valence-electron chi connectivity index (χ1n) is 7.65. The largest absolute Gasteiger partial charge is 0.375 e. The fourth-order valence-corrected chi connectivity index (χ4v) is 2.39. The summed E-state index contributed by atoms with van der Waals surface area (Å²) in [4.78, 5) is 19.0. The first kappa shape index (κ1) is 15.0. The lowest BCUT2D eigenvalue weighted by Gasteiger charge is -2.17. The van der Waals surface area contributed by atoms with Crippen LogP contribution in [0.15, 0.2) is 60.7 Å². The molecular formula is C19H19N3O. The molecule has 0 aliphatic heterocycles. The van der Waals surface area contributed by atoms with Crippen molar-refractivity contribution in [2.45, 2.75) is 6.92 Å².